The predicted molar refractivity (Wildman–Crippen MR) is 113 cm³/mol. The van der Waals surface area contributed by atoms with E-state index in [2.05, 4.69) is 10.6 Å². The Labute approximate surface area is 176 Å². The van der Waals surface area contributed by atoms with Gasteiger partial charge >= 0.3 is 0 Å². The number of amides is 1. The molecule has 0 spiro atoms. The fraction of sp³-hybridized carbons (Fsp3) is 0.273. The molecule has 0 saturated carbocycles. The fourth-order valence-electron chi connectivity index (χ4n) is 2.67. The average molecular weight is 411 g/mol. The van der Waals surface area contributed by atoms with Crippen LogP contribution in [0.4, 0.5) is 5.69 Å². The highest BCUT2D eigenvalue weighted by atomic mass is 16.5. The minimum Gasteiger partial charge on any atom is -0.497 e. The summed E-state index contributed by atoms with van der Waals surface area (Å²) in [5.74, 6) is 1.95. The Morgan fingerprint density at radius 2 is 1.70 bits per heavy atom. The molecule has 8 heteroatoms. The number of rotatable bonds is 10. The summed E-state index contributed by atoms with van der Waals surface area (Å²) in [6, 6.07) is 12.6. The number of anilines is 1. The van der Waals surface area contributed by atoms with Crippen LogP contribution in [-0.2, 0) is 11.2 Å². The molecule has 0 fully saturated rings. The van der Waals surface area contributed by atoms with Gasteiger partial charge < -0.3 is 29.6 Å². The smallest absolute Gasteiger partial charge is 0.263 e. The highest BCUT2D eigenvalue weighted by Crippen LogP contribution is 2.29. The van der Waals surface area contributed by atoms with Gasteiger partial charge in [0.1, 0.15) is 23.1 Å². The van der Waals surface area contributed by atoms with Crippen molar-refractivity contribution in [2.24, 2.45) is 0 Å². The largest absolute Gasteiger partial charge is 0.497 e. The first-order valence-corrected chi connectivity index (χ1v) is 9.14. The highest BCUT2D eigenvalue weighted by molar-refractivity contribution is 5.97. The number of ether oxygens (including phenoxy) is 4. The maximum Gasteiger partial charge on any atom is 0.263 e. The fourth-order valence-corrected chi connectivity index (χ4v) is 2.67. The van der Waals surface area contributed by atoms with Gasteiger partial charge in [0, 0.05) is 18.8 Å². The van der Waals surface area contributed by atoms with Gasteiger partial charge in [-0.3, -0.25) is 4.79 Å². The van der Waals surface area contributed by atoms with E-state index in [-0.39, 0.29) is 5.57 Å². The van der Waals surface area contributed by atoms with Crippen molar-refractivity contribution in [2.45, 2.75) is 6.42 Å². The van der Waals surface area contributed by atoms with Crippen molar-refractivity contribution in [3.8, 4) is 29.1 Å². The van der Waals surface area contributed by atoms with Crippen molar-refractivity contribution in [1.29, 1.82) is 5.26 Å². The Bertz CT molecular complexity index is 950. The molecule has 30 heavy (non-hydrogen) atoms. The monoisotopic (exact) mass is 411 g/mol. The average Bonchev–Trinajstić information content (AvgIpc) is 2.79. The lowest BCUT2D eigenvalue weighted by Crippen LogP contribution is -2.27. The lowest BCUT2D eigenvalue weighted by atomic mass is 10.1. The number of carbonyl (C=O) groups is 1. The molecule has 2 aromatic rings. The standard InChI is InChI=1S/C22H25N3O5/c1-27-17-6-7-18(20(12-17)29-3)25-14-16(13-23)22(26)24-10-9-15-5-8-19(28-2)21(11-15)30-4/h5-8,11-12,14,25H,9-10H2,1-4H3,(H,24,26)/b16-14-. The van der Waals surface area contributed by atoms with Crippen molar-refractivity contribution in [2.75, 3.05) is 40.3 Å². The molecular formula is C22H25N3O5. The second-order valence-corrected chi connectivity index (χ2v) is 6.08. The molecule has 0 saturated heterocycles. The Morgan fingerprint density at radius 3 is 2.33 bits per heavy atom. The number of nitrogens with zero attached hydrogens (tertiary/aromatic N) is 1. The third-order valence-electron chi connectivity index (χ3n) is 4.29. The van der Waals surface area contributed by atoms with Gasteiger partial charge in [-0.1, -0.05) is 6.07 Å². The summed E-state index contributed by atoms with van der Waals surface area (Å²) < 4.78 is 20.9. The maximum atomic E-state index is 12.3. The number of hydrogen-bond donors (Lipinski definition) is 2. The molecule has 0 aromatic heterocycles. The number of nitriles is 1. The van der Waals surface area contributed by atoms with Crippen LogP contribution in [0, 0.1) is 11.3 Å². The molecule has 0 radical (unpaired) electrons. The molecule has 158 valence electrons. The summed E-state index contributed by atoms with van der Waals surface area (Å²) in [5, 5.41) is 15.0. The first kappa shape index (κ1) is 22.4. The van der Waals surface area contributed by atoms with Crippen LogP contribution < -0.4 is 29.6 Å². The van der Waals surface area contributed by atoms with Gasteiger partial charge in [0.2, 0.25) is 0 Å². The van der Waals surface area contributed by atoms with Crippen molar-refractivity contribution in [3.63, 3.8) is 0 Å². The van der Waals surface area contributed by atoms with Crippen LogP contribution in [0.1, 0.15) is 5.56 Å². The number of methoxy groups -OCH3 is 4. The van der Waals surface area contributed by atoms with Gasteiger partial charge in [-0.25, -0.2) is 0 Å². The molecule has 8 nitrogen and oxygen atoms in total. The third kappa shape index (κ3) is 5.82. The molecular weight excluding hydrogens is 386 g/mol. The van der Waals surface area contributed by atoms with Crippen LogP contribution in [0.15, 0.2) is 48.2 Å². The molecule has 0 atom stereocenters. The van der Waals surface area contributed by atoms with E-state index in [1.807, 2.05) is 24.3 Å². The topological polar surface area (TPSA) is 102 Å². The predicted octanol–water partition coefficient (Wildman–Crippen LogP) is 2.90. The summed E-state index contributed by atoms with van der Waals surface area (Å²) in [6.45, 7) is 0.360. The Hall–Kier alpha value is -3.86. The summed E-state index contributed by atoms with van der Waals surface area (Å²) in [4.78, 5) is 12.3. The van der Waals surface area contributed by atoms with Crippen LogP contribution >= 0.6 is 0 Å². The summed E-state index contributed by atoms with van der Waals surface area (Å²) in [6.07, 6.45) is 1.92. The van der Waals surface area contributed by atoms with Gasteiger partial charge in [0.05, 0.1) is 34.1 Å². The number of carbonyl (C=O) groups excluding carboxylic acids is 1. The SMILES string of the molecule is COc1ccc(N/C=C(/C#N)C(=O)NCCc2ccc(OC)c(OC)c2)c(OC)c1. The molecule has 0 aliphatic heterocycles. The van der Waals surface area contributed by atoms with Crippen LogP contribution in [-0.4, -0.2) is 40.9 Å². The number of hydrogen-bond acceptors (Lipinski definition) is 7. The molecule has 1 amide bonds. The Balaban J connectivity index is 1.97. The highest BCUT2D eigenvalue weighted by Gasteiger charge is 2.10. The lowest BCUT2D eigenvalue weighted by Gasteiger charge is -2.11. The van der Waals surface area contributed by atoms with Crippen LogP contribution in [0.5, 0.6) is 23.0 Å². The minimum atomic E-state index is -0.474. The number of nitrogens with one attached hydrogen (secondary N) is 2. The zero-order chi connectivity index (χ0) is 21.9. The first-order chi connectivity index (χ1) is 14.6. The normalized spacial score (nSPS) is 10.6. The van der Waals surface area contributed by atoms with Crippen LogP contribution in [0.2, 0.25) is 0 Å². The molecule has 0 unspecified atom stereocenters. The molecule has 2 aromatic carbocycles. The minimum absolute atomic E-state index is 0.0554. The van der Waals surface area contributed by atoms with Gasteiger partial charge in [0.25, 0.3) is 5.91 Å². The maximum absolute atomic E-state index is 12.3. The van der Waals surface area contributed by atoms with E-state index < -0.39 is 5.91 Å². The van der Waals surface area contributed by atoms with E-state index in [1.165, 1.54) is 13.3 Å². The summed E-state index contributed by atoms with van der Waals surface area (Å²) >= 11 is 0. The van der Waals surface area contributed by atoms with Gasteiger partial charge in [-0.15, -0.1) is 0 Å². The zero-order valence-electron chi connectivity index (χ0n) is 17.4. The summed E-state index contributed by atoms with van der Waals surface area (Å²) in [7, 11) is 6.22. The van der Waals surface area contributed by atoms with E-state index in [4.69, 9.17) is 18.9 Å². The van der Waals surface area contributed by atoms with Crippen molar-refractivity contribution in [1.82, 2.24) is 5.32 Å². The van der Waals surface area contributed by atoms with Gasteiger partial charge in [-0.2, -0.15) is 5.26 Å². The van der Waals surface area contributed by atoms with E-state index in [0.29, 0.717) is 41.7 Å². The number of benzene rings is 2. The van der Waals surface area contributed by atoms with Crippen LogP contribution in [0.3, 0.4) is 0 Å². The Kier molecular flexibility index (Phi) is 8.39. The zero-order valence-corrected chi connectivity index (χ0v) is 17.4. The van der Waals surface area contributed by atoms with Gasteiger partial charge in [0.15, 0.2) is 11.5 Å². The van der Waals surface area contributed by atoms with Crippen molar-refractivity contribution in [3.05, 3.63) is 53.7 Å². The van der Waals surface area contributed by atoms with E-state index in [1.54, 1.807) is 39.5 Å². The second-order valence-electron chi connectivity index (χ2n) is 6.08. The lowest BCUT2D eigenvalue weighted by molar-refractivity contribution is -0.117. The van der Waals surface area contributed by atoms with E-state index >= 15 is 0 Å². The van der Waals surface area contributed by atoms with E-state index in [0.717, 1.165) is 5.56 Å². The van der Waals surface area contributed by atoms with Gasteiger partial charge in [-0.05, 0) is 36.2 Å². The molecule has 2 N–H and O–H groups in total. The molecule has 2 rings (SSSR count). The first-order valence-electron chi connectivity index (χ1n) is 9.14. The second kappa shape index (κ2) is 11.2. The third-order valence-corrected chi connectivity index (χ3v) is 4.29. The van der Waals surface area contributed by atoms with Crippen LogP contribution in [0.25, 0.3) is 0 Å². The van der Waals surface area contributed by atoms with E-state index in [9.17, 15) is 10.1 Å². The molecule has 0 bridgehead atoms. The van der Waals surface area contributed by atoms with Crippen molar-refractivity contribution >= 4 is 11.6 Å². The Morgan fingerprint density at radius 1 is 0.967 bits per heavy atom. The molecule has 0 aliphatic rings. The summed E-state index contributed by atoms with van der Waals surface area (Å²) in [5.41, 5.74) is 1.51. The molecule has 0 heterocycles. The quantitative estimate of drug-likeness (QED) is 0.458. The van der Waals surface area contributed by atoms with Crippen molar-refractivity contribution < 1.29 is 23.7 Å². The molecule has 0 aliphatic carbocycles.